The zero-order valence-electron chi connectivity index (χ0n) is 16.2. The van der Waals surface area contributed by atoms with Crippen molar-refractivity contribution in [1.82, 2.24) is 20.0 Å². The van der Waals surface area contributed by atoms with Crippen LogP contribution in [0.5, 0.6) is 0 Å². The number of nitrogens with one attached hydrogen (secondary N) is 1. The molecule has 8 heteroatoms. The number of rotatable bonds is 7. The number of benzene rings is 1. The molecule has 1 aliphatic heterocycles. The minimum Gasteiger partial charge on any atom is -0.351 e. The van der Waals surface area contributed by atoms with Gasteiger partial charge in [0, 0.05) is 43.8 Å². The van der Waals surface area contributed by atoms with E-state index in [1.165, 1.54) is 11.0 Å². The number of likely N-dealkylation sites (tertiary alicyclic amines) is 1. The SMILES string of the molecule is O=C(/C=C/c1cn(-c2ccccc2)nc1-c1cccs1)NCCN1C(=O)CCC1=O. The van der Waals surface area contributed by atoms with E-state index in [9.17, 15) is 14.4 Å². The fraction of sp³-hybridized carbons (Fsp3) is 0.182. The molecular weight excluding hydrogens is 400 g/mol. The molecule has 0 atom stereocenters. The van der Waals surface area contributed by atoms with Gasteiger partial charge in [0.2, 0.25) is 17.7 Å². The van der Waals surface area contributed by atoms with Crippen molar-refractivity contribution >= 4 is 35.1 Å². The molecule has 0 bridgehead atoms. The van der Waals surface area contributed by atoms with Crippen LogP contribution in [0.15, 0.2) is 60.1 Å². The smallest absolute Gasteiger partial charge is 0.244 e. The Hall–Kier alpha value is -3.52. The average molecular weight is 420 g/mol. The lowest BCUT2D eigenvalue weighted by Crippen LogP contribution is -2.37. The van der Waals surface area contributed by atoms with E-state index < -0.39 is 0 Å². The molecule has 152 valence electrons. The van der Waals surface area contributed by atoms with E-state index in [1.807, 2.05) is 54.0 Å². The Labute approximate surface area is 177 Å². The van der Waals surface area contributed by atoms with Gasteiger partial charge in [0.05, 0.1) is 10.6 Å². The molecule has 1 aromatic carbocycles. The lowest BCUT2D eigenvalue weighted by molar-refractivity contribution is -0.138. The molecule has 1 fully saturated rings. The molecule has 1 N–H and O–H groups in total. The molecule has 3 amide bonds. The quantitative estimate of drug-likeness (QED) is 0.471. The highest BCUT2D eigenvalue weighted by molar-refractivity contribution is 7.13. The van der Waals surface area contributed by atoms with Crippen LogP contribution in [0.1, 0.15) is 18.4 Å². The van der Waals surface area contributed by atoms with Crippen LogP contribution in [0.4, 0.5) is 0 Å². The summed E-state index contributed by atoms with van der Waals surface area (Å²) in [5.41, 5.74) is 2.55. The molecule has 2 aromatic heterocycles. The van der Waals surface area contributed by atoms with Gasteiger partial charge >= 0.3 is 0 Å². The molecule has 4 rings (SSSR count). The van der Waals surface area contributed by atoms with E-state index in [2.05, 4.69) is 5.32 Å². The maximum atomic E-state index is 12.2. The van der Waals surface area contributed by atoms with Gasteiger partial charge in [-0.15, -0.1) is 11.3 Å². The second-order valence-electron chi connectivity index (χ2n) is 6.75. The van der Waals surface area contributed by atoms with Crippen molar-refractivity contribution in [2.24, 2.45) is 0 Å². The van der Waals surface area contributed by atoms with Crippen LogP contribution < -0.4 is 5.32 Å². The zero-order valence-corrected chi connectivity index (χ0v) is 17.0. The summed E-state index contributed by atoms with van der Waals surface area (Å²) < 4.78 is 1.79. The first-order valence-corrected chi connectivity index (χ1v) is 10.5. The predicted molar refractivity (Wildman–Crippen MR) is 115 cm³/mol. The predicted octanol–water partition coefficient (Wildman–Crippen LogP) is 2.88. The van der Waals surface area contributed by atoms with E-state index in [0.717, 1.165) is 21.8 Å². The normalized spacial score (nSPS) is 14.1. The number of carbonyl (C=O) groups is 3. The molecule has 0 saturated carbocycles. The molecule has 30 heavy (non-hydrogen) atoms. The number of carbonyl (C=O) groups excluding carboxylic acids is 3. The summed E-state index contributed by atoms with van der Waals surface area (Å²) in [5, 5.41) is 9.40. The molecule has 7 nitrogen and oxygen atoms in total. The Kier molecular flexibility index (Phi) is 5.85. The average Bonchev–Trinajstić information content (AvgIpc) is 3.49. The zero-order chi connectivity index (χ0) is 20.9. The summed E-state index contributed by atoms with van der Waals surface area (Å²) in [6.07, 6.45) is 5.56. The van der Waals surface area contributed by atoms with Gasteiger partial charge in [-0.25, -0.2) is 4.68 Å². The van der Waals surface area contributed by atoms with Gasteiger partial charge in [0.25, 0.3) is 0 Å². The molecule has 1 saturated heterocycles. The fourth-order valence-corrected chi connectivity index (χ4v) is 3.95. The first-order valence-electron chi connectivity index (χ1n) is 9.60. The summed E-state index contributed by atoms with van der Waals surface area (Å²) in [5.74, 6) is -0.656. The fourth-order valence-electron chi connectivity index (χ4n) is 3.21. The number of aromatic nitrogens is 2. The minimum absolute atomic E-state index is 0.182. The van der Waals surface area contributed by atoms with Crippen LogP contribution in [-0.2, 0) is 14.4 Å². The lowest BCUT2D eigenvalue weighted by Gasteiger charge is -2.13. The Balaban J connectivity index is 1.45. The van der Waals surface area contributed by atoms with E-state index in [1.54, 1.807) is 22.1 Å². The van der Waals surface area contributed by atoms with Gasteiger partial charge in [-0.3, -0.25) is 19.3 Å². The number of hydrogen-bond donors (Lipinski definition) is 1. The van der Waals surface area contributed by atoms with Crippen molar-refractivity contribution < 1.29 is 14.4 Å². The van der Waals surface area contributed by atoms with Crippen LogP contribution in [0.3, 0.4) is 0 Å². The van der Waals surface area contributed by atoms with Crippen molar-refractivity contribution in [3.8, 4) is 16.3 Å². The lowest BCUT2D eigenvalue weighted by atomic mass is 10.2. The molecule has 0 aliphatic carbocycles. The van der Waals surface area contributed by atoms with Gasteiger partial charge in [-0.05, 0) is 29.7 Å². The number of thiophene rings is 1. The summed E-state index contributed by atoms with van der Waals surface area (Å²) in [4.78, 5) is 37.6. The maximum Gasteiger partial charge on any atom is 0.244 e. The Morgan fingerprint density at radius 2 is 1.87 bits per heavy atom. The number of amides is 3. The van der Waals surface area contributed by atoms with E-state index >= 15 is 0 Å². The Morgan fingerprint density at radius 3 is 2.57 bits per heavy atom. The molecule has 0 unspecified atom stereocenters. The third kappa shape index (κ3) is 4.38. The van der Waals surface area contributed by atoms with Crippen molar-refractivity contribution in [2.45, 2.75) is 12.8 Å². The monoisotopic (exact) mass is 420 g/mol. The second-order valence-corrected chi connectivity index (χ2v) is 7.70. The summed E-state index contributed by atoms with van der Waals surface area (Å²) >= 11 is 1.58. The molecule has 0 radical (unpaired) electrons. The van der Waals surface area contributed by atoms with Crippen molar-refractivity contribution in [1.29, 1.82) is 0 Å². The summed E-state index contributed by atoms with van der Waals surface area (Å²) in [6.45, 7) is 0.422. The number of imide groups is 1. The van der Waals surface area contributed by atoms with E-state index in [4.69, 9.17) is 5.10 Å². The molecule has 3 aromatic rings. The van der Waals surface area contributed by atoms with Gasteiger partial charge in [0.1, 0.15) is 5.69 Å². The van der Waals surface area contributed by atoms with E-state index in [-0.39, 0.29) is 43.7 Å². The van der Waals surface area contributed by atoms with Crippen LogP contribution in [0.25, 0.3) is 22.3 Å². The number of nitrogens with zero attached hydrogens (tertiary/aromatic N) is 3. The molecular formula is C22H20N4O3S. The Bertz CT molecular complexity index is 1070. The van der Waals surface area contributed by atoms with Crippen LogP contribution in [0, 0.1) is 0 Å². The molecule has 3 heterocycles. The van der Waals surface area contributed by atoms with Gasteiger partial charge in [-0.2, -0.15) is 5.10 Å². The Morgan fingerprint density at radius 1 is 1.10 bits per heavy atom. The van der Waals surface area contributed by atoms with Crippen molar-refractivity contribution in [2.75, 3.05) is 13.1 Å². The third-order valence-corrected chi connectivity index (χ3v) is 5.60. The first-order chi connectivity index (χ1) is 14.6. The number of para-hydroxylation sites is 1. The van der Waals surface area contributed by atoms with Crippen LogP contribution in [0.2, 0.25) is 0 Å². The van der Waals surface area contributed by atoms with Crippen LogP contribution >= 0.6 is 11.3 Å². The first kappa shape index (κ1) is 19.8. The standard InChI is InChI=1S/C22H20N4O3S/c27-19(23-12-13-25-20(28)10-11-21(25)29)9-8-16-15-26(17-5-2-1-3-6-17)24-22(16)18-7-4-14-30-18/h1-9,14-15H,10-13H2,(H,23,27)/b9-8+. The number of hydrogen-bond acceptors (Lipinski definition) is 5. The highest BCUT2D eigenvalue weighted by Crippen LogP contribution is 2.28. The summed E-state index contributed by atoms with van der Waals surface area (Å²) in [7, 11) is 0. The molecule has 1 aliphatic rings. The van der Waals surface area contributed by atoms with Crippen molar-refractivity contribution in [3.05, 3.63) is 65.7 Å². The van der Waals surface area contributed by atoms with Gasteiger partial charge in [-0.1, -0.05) is 24.3 Å². The highest BCUT2D eigenvalue weighted by atomic mass is 32.1. The second kappa shape index (κ2) is 8.87. The maximum absolute atomic E-state index is 12.2. The largest absolute Gasteiger partial charge is 0.351 e. The minimum atomic E-state index is -0.293. The van der Waals surface area contributed by atoms with Gasteiger partial charge in [0.15, 0.2) is 0 Å². The van der Waals surface area contributed by atoms with Crippen molar-refractivity contribution in [3.63, 3.8) is 0 Å². The third-order valence-electron chi connectivity index (χ3n) is 4.72. The topological polar surface area (TPSA) is 84.3 Å². The van der Waals surface area contributed by atoms with E-state index in [0.29, 0.717) is 0 Å². The summed E-state index contributed by atoms with van der Waals surface area (Å²) in [6, 6.07) is 13.7. The van der Waals surface area contributed by atoms with Crippen LogP contribution in [-0.4, -0.2) is 45.5 Å². The highest BCUT2D eigenvalue weighted by Gasteiger charge is 2.28. The molecule has 0 spiro atoms. The van der Waals surface area contributed by atoms with Gasteiger partial charge < -0.3 is 5.32 Å².